The minimum absolute atomic E-state index is 0.129. The molecule has 3 N–H and O–H groups in total. The van der Waals surface area contributed by atoms with Crippen molar-refractivity contribution in [3.05, 3.63) is 95.8 Å². The number of benzene rings is 2. The van der Waals surface area contributed by atoms with Crippen LogP contribution in [-0.2, 0) is 73.7 Å². The van der Waals surface area contributed by atoms with E-state index in [9.17, 15) is 31.0 Å². The van der Waals surface area contributed by atoms with Crippen molar-refractivity contribution in [2.24, 2.45) is 0 Å². The summed E-state index contributed by atoms with van der Waals surface area (Å²) in [6, 6.07) is 9.38. The number of nitrogens with zero attached hydrogens (tertiary/aromatic N) is 2. The summed E-state index contributed by atoms with van der Waals surface area (Å²) in [6.45, 7) is 11.7. The zero-order chi connectivity index (χ0) is 52.3. The average molecular weight is 1050 g/mol. The zero-order valence-electron chi connectivity index (χ0n) is 42.8. The fraction of sp³-hybridized carbons (Fsp3) is 0.596. The monoisotopic (exact) mass is 1050 g/mol. The first-order valence-corrected chi connectivity index (χ1v) is 27.5. The third-order valence-corrected chi connectivity index (χ3v) is 14.3. The van der Waals surface area contributed by atoms with Gasteiger partial charge in [0.05, 0.1) is 101 Å². The first-order valence-electron chi connectivity index (χ1n) is 24.6. The molecule has 2 aromatic rings. The van der Waals surface area contributed by atoms with E-state index in [1.807, 2.05) is 49.5 Å². The third-order valence-electron chi connectivity index (χ3n) is 12.6. The Morgan fingerprint density at radius 2 is 1.03 bits per heavy atom. The highest BCUT2D eigenvalue weighted by molar-refractivity contribution is 7.86. The summed E-state index contributed by atoms with van der Waals surface area (Å²) in [6.07, 6.45) is 17.9. The maximum Gasteiger partial charge on any atom is 0.294 e. The second-order valence-corrected chi connectivity index (χ2v) is 20.5. The van der Waals surface area contributed by atoms with E-state index < -0.39 is 31.1 Å². The number of aliphatic hydroxyl groups is 1. The fourth-order valence-electron chi connectivity index (χ4n) is 8.72. The molecule has 2 heterocycles. The molecule has 72 heavy (non-hydrogen) atoms. The molecule has 20 heteroatoms. The number of rotatable bonds is 39. The molecule has 0 amide bonds. The van der Waals surface area contributed by atoms with Gasteiger partial charge in [-0.1, -0.05) is 36.8 Å². The van der Waals surface area contributed by atoms with Gasteiger partial charge < -0.3 is 52.6 Å². The van der Waals surface area contributed by atoms with Crippen LogP contribution in [0.3, 0.4) is 0 Å². The zero-order valence-corrected chi connectivity index (χ0v) is 44.5. The van der Waals surface area contributed by atoms with Gasteiger partial charge in [-0.15, -0.1) is 0 Å². The molecule has 0 fully saturated rings. The number of fused-ring (bicyclic) bond motifs is 2. The second-order valence-electron chi connectivity index (χ2n) is 17.6. The number of hydrogen-bond donors (Lipinski definition) is 3. The van der Waals surface area contributed by atoms with Crippen LogP contribution in [0.15, 0.2) is 94.4 Å². The van der Waals surface area contributed by atoms with Crippen LogP contribution in [-0.4, -0.2) is 181 Å². The van der Waals surface area contributed by atoms with Gasteiger partial charge in [0.1, 0.15) is 6.54 Å². The van der Waals surface area contributed by atoms with Crippen LogP contribution in [0.4, 0.5) is 11.4 Å². The Labute approximate surface area is 427 Å². The lowest BCUT2D eigenvalue weighted by atomic mass is 9.76. The Balaban J connectivity index is 1.59. The molecule has 2 aliphatic rings. The van der Waals surface area contributed by atoms with Gasteiger partial charge in [0.25, 0.3) is 20.2 Å². The van der Waals surface area contributed by atoms with Crippen LogP contribution in [0, 0.1) is 0 Å². The van der Waals surface area contributed by atoms with Gasteiger partial charge in [-0.2, -0.15) is 21.4 Å². The lowest BCUT2D eigenvalue weighted by Crippen LogP contribution is -2.33. The first kappa shape index (κ1) is 60.8. The van der Waals surface area contributed by atoms with Crippen molar-refractivity contribution in [3.8, 4) is 0 Å². The largest absolute Gasteiger partial charge is 0.396 e. The van der Waals surface area contributed by atoms with Gasteiger partial charge in [-0.05, 0) is 81.5 Å². The smallest absolute Gasteiger partial charge is 0.294 e. The molecule has 0 bridgehead atoms. The van der Waals surface area contributed by atoms with Crippen LogP contribution in [0.5, 0.6) is 0 Å². The lowest BCUT2D eigenvalue weighted by molar-refractivity contribution is -0.438. The molecule has 0 saturated heterocycles. The van der Waals surface area contributed by atoms with Crippen LogP contribution in [0.2, 0.25) is 0 Å². The highest BCUT2D eigenvalue weighted by Crippen LogP contribution is 2.51. The van der Waals surface area contributed by atoms with E-state index in [0.717, 1.165) is 53.2 Å². The van der Waals surface area contributed by atoms with Gasteiger partial charge in [0.15, 0.2) is 5.71 Å². The molecule has 2 aliphatic heterocycles. The molecule has 0 saturated carbocycles. The SMILES string of the molecule is COCCOCCOCCOCCC1(C)C(/C=C/C=C/C=C/C=C2/N(CCOC)c3ccc(S(=O)(=O)O)cc3C2(C)CCOCCOCCOCCOC)=[N+](CCCCCCO)c2ccc(S(=O)(=O)O)cc21. The summed E-state index contributed by atoms with van der Waals surface area (Å²) in [5.41, 5.74) is 3.54. The Morgan fingerprint density at radius 3 is 1.57 bits per heavy atom. The third kappa shape index (κ3) is 18.6. The van der Waals surface area contributed by atoms with E-state index in [-0.39, 0.29) is 16.4 Å². The average Bonchev–Trinajstić information content (AvgIpc) is 3.72. The molecule has 2 atom stereocenters. The fourth-order valence-corrected chi connectivity index (χ4v) is 9.73. The second kappa shape index (κ2) is 31.9. The molecule has 2 unspecified atom stereocenters. The number of ether oxygens (including phenoxy) is 9. The minimum Gasteiger partial charge on any atom is -0.396 e. The summed E-state index contributed by atoms with van der Waals surface area (Å²) in [4.78, 5) is 1.72. The highest BCUT2D eigenvalue weighted by Gasteiger charge is 2.48. The van der Waals surface area contributed by atoms with E-state index in [2.05, 4.69) is 16.4 Å². The number of unbranched alkanes of at least 4 members (excludes halogenated alkanes) is 3. The quantitative estimate of drug-likeness (QED) is 0.0292. The summed E-state index contributed by atoms with van der Waals surface area (Å²) in [5, 5.41) is 9.38. The van der Waals surface area contributed by atoms with E-state index >= 15 is 0 Å². The van der Waals surface area contributed by atoms with Gasteiger partial charge >= 0.3 is 0 Å². The van der Waals surface area contributed by atoms with Crippen LogP contribution in [0.25, 0.3) is 0 Å². The Bertz CT molecular complexity index is 2340. The molecule has 0 radical (unpaired) electrons. The van der Waals surface area contributed by atoms with Crippen molar-refractivity contribution in [2.75, 3.05) is 145 Å². The predicted molar refractivity (Wildman–Crippen MR) is 275 cm³/mol. The van der Waals surface area contributed by atoms with Crippen molar-refractivity contribution in [1.82, 2.24) is 0 Å². The molecule has 0 aliphatic carbocycles. The van der Waals surface area contributed by atoms with Crippen molar-refractivity contribution in [1.29, 1.82) is 0 Å². The van der Waals surface area contributed by atoms with E-state index in [1.54, 1.807) is 39.5 Å². The molecule has 0 aromatic heterocycles. The maximum absolute atomic E-state index is 12.4. The Morgan fingerprint density at radius 1 is 0.556 bits per heavy atom. The van der Waals surface area contributed by atoms with Crippen molar-refractivity contribution >= 4 is 37.3 Å². The van der Waals surface area contributed by atoms with Crippen LogP contribution in [0.1, 0.15) is 63.5 Å². The normalized spacial score (nSPS) is 18.8. The molecule has 2 aromatic carbocycles. The van der Waals surface area contributed by atoms with E-state index in [1.165, 1.54) is 18.2 Å². The van der Waals surface area contributed by atoms with Crippen molar-refractivity contribution < 1.29 is 78.3 Å². The summed E-state index contributed by atoms with van der Waals surface area (Å²) < 4.78 is 122. The number of anilines is 1. The van der Waals surface area contributed by atoms with Crippen LogP contribution < -0.4 is 4.90 Å². The Kier molecular flexibility index (Phi) is 26.9. The number of aliphatic hydroxyl groups excluding tert-OH is 1. The number of allylic oxidation sites excluding steroid dienone is 8. The summed E-state index contributed by atoms with van der Waals surface area (Å²) in [5.74, 6) is 0. The lowest BCUT2D eigenvalue weighted by Gasteiger charge is -2.30. The van der Waals surface area contributed by atoms with E-state index in [4.69, 9.17) is 42.6 Å². The van der Waals surface area contributed by atoms with Crippen molar-refractivity contribution in [3.63, 3.8) is 0 Å². The standard InChI is InChI=1S/C52H78N2O16S2/c1-51(21-26-65-33-35-69-39-37-67-31-29-63-4)45-41-43(71(56,57)58)17-19-47(45)53(23-13-9-10-14-25-55)49(51)15-11-7-6-8-12-16-50-52(2,22-27-66-34-36-70-40-38-68-32-30-64-5)46-42-44(72(59,60)61)18-20-48(46)54(50)24-28-62-3/h6-8,11-12,15-20,41-42,55H,9-10,13-14,21-40H2,1-5H3,(H-,56,57,58,59,60,61)/p+1. The molecular weight excluding hydrogens is 973 g/mol. The number of hydrogen-bond acceptors (Lipinski definition) is 15. The van der Waals surface area contributed by atoms with Gasteiger partial charge in [0.2, 0.25) is 5.69 Å². The first-order chi connectivity index (χ1) is 34.7. The van der Waals surface area contributed by atoms with E-state index in [0.29, 0.717) is 131 Å². The molecule has 18 nitrogen and oxygen atoms in total. The van der Waals surface area contributed by atoms with Gasteiger partial charge in [-0.3, -0.25) is 9.11 Å². The summed E-state index contributed by atoms with van der Waals surface area (Å²) in [7, 11) is -4.12. The van der Waals surface area contributed by atoms with Gasteiger partial charge in [-0.25, -0.2) is 0 Å². The molecular formula is C52H79N2O16S2+. The Hall–Kier alpha value is -3.71. The van der Waals surface area contributed by atoms with Gasteiger partial charge in [0, 0.05) is 88.6 Å². The number of methoxy groups -OCH3 is 3. The highest BCUT2D eigenvalue weighted by atomic mass is 32.2. The molecule has 0 spiro atoms. The predicted octanol–water partition coefficient (Wildman–Crippen LogP) is 6.24. The summed E-state index contributed by atoms with van der Waals surface area (Å²) >= 11 is 0. The maximum atomic E-state index is 12.4. The molecule has 4 rings (SSSR count). The van der Waals surface area contributed by atoms with Crippen molar-refractivity contribution in [2.45, 2.75) is 73.0 Å². The topological polar surface area (TPSA) is 218 Å². The minimum atomic E-state index is -4.49. The van der Waals surface area contributed by atoms with Crippen LogP contribution >= 0.6 is 0 Å². The molecule has 404 valence electrons.